The third-order valence-electron chi connectivity index (χ3n) is 4.02. The van der Waals surface area contributed by atoms with Crippen molar-refractivity contribution >= 4 is 22.2 Å². The molecule has 3 aromatic heterocycles. The maximum absolute atomic E-state index is 12.5. The van der Waals surface area contributed by atoms with Crippen LogP contribution in [0.4, 0.5) is 0 Å². The van der Waals surface area contributed by atoms with Gasteiger partial charge >= 0.3 is 0 Å². The molecule has 0 saturated heterocycles. The summed E-state index contributed by atoms with van der Waals surface area (Å²) in [5.74, 6) is -0.0834. The maximum atomic E-state index is 12.5. The van der Waals surface area contributed by atoms with Gasteiger partial charge in [0.05, 0.1) is 35.4 Å². The van der Waals surface area contributed by atoms with Crippen LogP contribution in [0.25, 0.3) is 4.96 Å². The van der Waals surface area contributed by atoms with Crippen LogP contribution in [-0.4, -0.2) is 30.3 Å². The Morgan fingerprint density at radius 3 is 3.18 bits per heavy atom. The topological polar surface area (TPSA) is 77.1 Å². The summed E-state index contributed by atoms with van der Waals surface area (Å²) in [6.07, 6.45) is 6.69. The molecule has 0 fully saturated rings. The average molecular weight is 316 g/mol. The van der Waals surface area contributed by atoms with Crippen LogP contribution in [-0.2, 0) is 13.0 Å². The van der Waals surface area contributed by atoms with Crippen molar-refractivity contribution in [2.24, 2.45) is 0 Å². The minimum Gasteiger partial charge on any atom is -0.344 e. The van der Waals surface area contributed by atoms with Crippen LogP contribution in [0.2, 0.25) is 0 Å². The number of aromatic nitrogens is 5. The molecular formula is C14H16N6OS. The fourth-order valence-electron chi connectivity index (χ4n) is 2.82. The van der Waals surface area contributed by atoms with Gasteiger partial charge in [-0.05, 0) is 26.2 Å². The lowest BCUT2D eigenvalue weighted by Gasteiger charge is -2.15. The van der Waals surface area contributed by atoms with E-state index in [4.69, 9.17) is 0 Å². The predicted molar refractivity (Wildman–Crippen MR) is 81.9 cm³/mol. The van der Waals surface area contributed by atoms with E-state index in [0.717, 1.165) is 42.2 Å². The average Bonchev–Trinajstić information content (AvgIpc) is 3.20. The van der Waals surface area contributed by atoms with E-state index in [-0.39, 0.29) is 11.9 Å². The maximum Gasteiger partial charge on any atom is 0.255 e. The SMILES string of the molecule is C[C@H](NC(=O)c1cnn2c1CCCC2)c1cn2ncsc2n1. The zero-order valence-corrected chi connectivity index (χ0v) is 13.0. The van der Waals surface area contributed by atoms with Gasteiger partial charge in [-0.2, -0.15) is 10.2 Å². The van der Waals surface area contributed by atoms with E-state index in [1.54, 1.807) is 16.2 Å². The molecule has 1 aliphatic heterocycles. The van der Waals surface area contributed by atoms with Crippen LogP contribution in [0.5, 0.6) is 0 Å². The molecule has 3 aromatic rings. The van der Waals surface area contributed by atoms with Crippen molar-refractivity contribution in [3.63, 3.8) is 0 Å². The summed E-state index contributed by atoms with van der Waals surface area (Å²) < 4.78 is 3.67. The molecule has 0 radical (unpaired) electrons. The normalized spacial score (nSPS) is 15.7. The Morgan fingerprint density at radius 1 is 1.41 bits per heavy atom. The first kappa shape index (κ1) is 13.4. The number of fused-ring (bicyclic) bond motifs is 2. The van der Waals surface area contributed by atoms with Crippen molar-refractivity contribution in [3.05, 3.63) is 34.9 Å². The molecular weight excluding hydrogens is 300 g/mol. The lowest BCUT2D eigenvalue weighted by atomic mass is 10.1. The van der Waals surface area contributed by atoms with Gasteiger partial charge in [-0.1, -0.05) is 11.3 Å². The number of amides is 1. The fourth-order valence-corrected chi connectivity index (χ4v) is 3.43. The zero-order chi connectivity index (χ0) is 15.1. The van der Waals surface area contributed by atoms with Crippen molar-refractivity contribution in [3.8, 4) is 0 Å². The number of nitrogens with zero attached hydrogens (tertiary/aromatic N) is 5. The minimum absolute atomic E-state index is 0.0834. The van der Waals surface area contributed by atoms with Gasteiger partial charge in [-0.15, -0.1) is 0 Å². The summed E-state index contributed by atoms with van der Waals surface area (Å²) in [5, 5.41) is 11.5. The van der Waals surface area contributed by atoms with Crippen LogP contribution in [0.1, 0.15) is 47.6 Å². The van der Waals surface area contributed by atoms with Crippen molar-refractivity contribution < 1.29 is 4.79 Å². The Labute approximate surface area is 131 Å². The molecule has 0 spiro atoms. The molecule has 1 N–H and O–H groups in total. The second-order valence-corrected chi connectivity index (χ2v) is 6.32. The van der Waals surface area contributed by atoms with E-state index in [1.165, 1.54) is 11.3 Å². The van der Waals surface area contributed by atoms with Crippen LogP contribution in [0.3, 0.4) is 0 Å². The van der Waals surface area contributed by atoms with Crippen molar-refractivity contribution in [1.82, 2.24) is 29.7 Å². The van der Waals surface area contributed by atoms with E-state index in [1.807, 2.05) is 17.8 Å². The van der Waals surface area contributed by atoms with Crippen LogP contribution in [0, 0.1) is 0 Å². The monoisotopic (exact) mass is 316 g/mol. The molecule has 1 amide bonds. The number of hydrogen-bond acceptors (Lipinski definition) is 5. The standard InChI is InChI=1S/C14H16N6OS/c1-9(11-7-20-14(18-11)22-8-16-20)17-13(21)10-6-15-19-5-3-2-4-12(10)19/h6-9H,2-5H2,1H3,(H,17,21)/t9-/m0/s1. The molecule has 4 heterocycles. The highest BCUT2D eigenvalue weighted by Gasteiger charge is 2.22. The molecule has 8 heteroatoms. The summed E-state index contributed by atoms with van der Waals surface area (Å²) in [4.78, 5) is 17.8. The molecule has 0 unspecified atom stereocenters. The second kappa shape index (κ2) is 5.20. The van der Waals surface area contributed by atoms with Crippen LogP contribution in [0.15, 0.2) is 17.9 Å². The first-order chi connectivity index (χ1) is 10.7. The van der Waals surface area contributed by atoms with E-state index < -0.39 is 0 Å². The Kier molecular flexibility index (Phi) is 3.18. The molecule has 114 valence electrons. The lowest BCUT2D eigenvalue weighted by molar-refractivity contribution is 0.0938. The number of carbonyl (C=O) groups is 1. The molecule has 0 aliphatic carbocycles. The van der Waals surface area contributed by atoms with Gasteiger partial charge in [0.2, 0.25) is 4.96 Å². The first-order valence-corrected chi connectivity index (χ1v) is 8.24. The Hall–Kier alpha value is -2.22. The smallest absolute Gasteiger partial charge is 0.255 e. The summed E-state index contributed by atoms with van der Waals surface area (Å²) in [6.45, 7) is 2.83. The summed E-state index contributed by atoms with van der Waals surface area (Å²) >= 11 is 1.48. The molecule has 0 aromatic carbocycles. The van der Waals surface area contributed by atoms with Gasteiger partial charge in [-0.3, -0.25) is 9.48 Å². The quantitative estimate of drug-likeness (QED) is 0.799. The summed E-state index contributed by atoms with van der Waals surface area (Å²) in [5.41, 5.74) is 4.29. The number of hydrogen-bond donors (Lipinski definition) is 1. The highest BCUT2D eigenvalue weighted by Crippen LogP contribution is 2.20. The molecule has 4 rings (SSSR count). The molecule has 1 atom stereocenters. The van der Waals surface area contributed by atoms with E-state index >= 15 is 0 Å². The van der Waals surface area contributed by atoms with Gasteiger partial charge in [0.1, 0.15) is 5.51 Å². The van der Waals surface area contributed by atoms with E-state index in [9.17, 15) is 4.79 Å². The Balaban J connectivity index is 1.53. The zero-order valence-electron chi connectivity index (χ0n) is 12.2. The lowest BCUT2D eigenvalue weighted by Crippen LogP contribution is -2.28. The number of rotatable bonds is 3. The molecule has 7 nitrogen and oxygen atoms in total. The van der Waals surface area contributed by atoms with E-state index in [2.05, 4.69) is 20.5 Å². The minimum atomic E-state index is -0.166. The largest absolute Gasteiger partial charge is 0.344 e. The molecule has 22 heavy (non-hydrogen) atoms. The predicted octanol–water partition coefficient (Wildman–Crippen LogP) is 1.81. The Morgan fingerprint density at radius 2 is 2.32 bits per heavy atom. The first-order valence-electron chi connectivity index (χ1n) is 7.36. The van der Waals surface area contributed by atoms with Crippen molar-refractivity contribution in [2.75, 3.05) is 0 Å². The third-order valence-corrected chi connectivity index (χ3v) is 4.71. The summed E-state index contributed by atoms with van der Waals surface area (Å²) in [6, 6.07) is -0.166. The van der Waals surface area contributed by atoms with Gasteiger partial charge in [-0.25, -0.2) is 9.50 Å². The third kappa shape index (κ3) is 2.19. The second-order valence-electron chi connectivity index (χ2n) is 5.51. The summed E-state index contributed by atoms with van der Waals surface area (Å²) in [7, 11) is 0. The Bertz CT molecular complexity index is 803. The highest BCUT2D eigenvalue weighted by molar-refractivity contribution is 7.14. The number of nitrogens with one attached hydrogen (secondary N) is 1. The molecule has 0 saturated carbocycles. The highest BCUT2D eigenvalue weighted by atomic mass is 32.1. The van der Waals surface area contributed by atoms with Gasteiger partial charge < -0.3 is 5.32 Å². The van der Waals surface area contributed by atoms with Gasteiger partial charge in [0.25, 0.3) is 5.91 Å². The molecule has 1 aliphatic rings. The molecule has 0 bridgehead atoms. The number of carbonyl (C=O) groups excluding carboxylic acids is 1. The van der Waals surface area contributed by atoms with Gasteiger partial charge in [0, 0.05) is 6.54 Å². The van der Waals surface area contributed by atoms with Crippen molar-refractivity contribution in [1.29, 1.82) is 0 Å². The fraction of sp³-hybridized carbons (Fsp3) is 0.429. The van der Waals surface area contributed by atoms with Crippen LogP contribution < -0.4 is 5.32 Å². The van der Waals surface area contributed by atoms with Gasteiger partial charge in [0.15, 0.2) is 0 Å². The number of aryl methyl sites for hydroxylation is 1. The van der Waals surface area contributed by atoms with E-state index in [0.29, 0.717) is 5.56 Å². The van der Waals surface area contributed by atoms with Crippen LogP contribution >= 0.6 is 11.3 Å². The van der Waals surface area contributed by atoms with Crippen molar-refractivity contribution in [2.45, 2.75) is 38.8 Å². The number of imidazole rings is 1.